The highest BCUT2D eigenvalue weighted by molar-refractivity contribution is 7.99. The molecule has 1 aromatic rings. The van der Waals surface area contributed by atoms with Crippen LogP contribution in [0.1, 0.15) is 51.9 Å². The Labute approximate surface area is 102 Å². The fourth-order valence-corrected chi connectivity index (χ4v) is 2.02. The van der Waals surface area contributed by atoms with Crippen molar-refractivity contribution in [3.63, 3.8) is 0 Å². The van der Waals surface area contributed by atoms with E-state index < -0.39 is 0 Å². The van der Waals surface area contributed by atoms with E-state index in [4.69, 9.17) is 4.52 Å². The molecule has 4 nitrogen and oxygen atoms in total. The monoisotopic (exact) mass is 243 g/mol. The summed E-state index contributed by atoms with van der Waals surface area (Å²) >= 11 is 1.86. The van der Waals surface area contributed by atoms with Gasteiger partial charge < -0.3 is 9.84 Å². The van der Waals surface area contributed by atoms with Crippen molar-refractivity contribution >= 4 is 11.8 Å². The first-order chi connectivity index (χ1) is 7.67. The van der Waals surface area contributed by atoms with Gasteiger partial charge in [0.2, 0.25) is 5.89 Å². The van der Waals surface area contributed by atoms with Gasteiger partial charge in [-0.3, -0.25) is 0 Å². The SMILES string of the molecule is CCNC(C)c1nc(CSC(C)CC)no1. The molecule has 1 heterocycles. The molecule has 0 radical (unpaired) electrons. The second kappa shape index (κ2) is 6.91. The average molecular weight is 243 g/mol. The number of hydrogen-bond acceptors (Lipinski definition) is 5. The lowest BCUT2D eigenvalue weighted by atomic mass is 10.3. The third kappa shape index (κ3) is 4.14. The van der Waals surface area contributed by atoms with Crippen molar-refractivity contribution in [3.05, 3.63) is 11.7 Å². The Bertz CT molecular complexity index is 303. The third-order valence-electron chi connectivity index (χ3n) is 2.44. The van der Waals surface area contributed by atoms with E-state index in [1.54, 1.807) is 0 Å². The van der Waals surface area contributed by atoms with E-state index in [-0.39, 0.29) is 6.04 Å². The van der Waals surface area contributed by atoms with Crippen LogP contribution in [0.25, 0.3) is 0 Å². The lowest BCUT2D eigenvalue weighted by molar-refractivity contribution is 0.339. The molecule has 0 amide bonds. The maximum absolute atomic E-state index is 5.21. The molecule has 0 aliphatic rings. The number of aromatic nitrogens is 2. The van der Waals surface area contributed by atoms with Crippen molar-refractivity contribution in [2.24, 2.45) is 0 Å². The van der Waals surface area contributed by atoms with Crippen molar-refractivity contribution in [3.8, 4) is 0 Å². The maximum atomic E-state index is 5.21. The van der Waals surface area contributed by atoms with Crippen LogP contribution in [0.5, 0.6) is 0 Å². The molecule has 0 fully saturated rings. The van der Waals surface area contributed by atoms with Gasteiger partial charge in [0.05, 0.1) is 11.8 Å². The molecule has 5 heteroatoms. The first-order valence-corrected chi connectivity index (χ1v) is 6.89. The Morgan fingerprint density at radius 2 is 2.12 bits per heavy atom. The molecular formula is C11H21N3OS. The van der Waals surface area contributed by atoms with Crippen molar-refractivity contribution in [1.82, 2.24) is 15.5 Å². The summed E-state index contributed by atoms with van der Waals surface area (Å²) in [6.07, 6.45) is 1.17. The summed E-state index contributed by atoms with van der Waals surface area (Å²) in [5, 5.41) is 7.87. The van der Waals surface area contributed by atoms with Gasteiger partial charge in [-0.1, -0.05) is 25.9 Å². The van der Waals surface area contributed by atoms with Crippen molar-refractivity contribution in [2.75, 3.05) is 6.54 Å². The molecule has 0 saturated carbocycles. The van der Waals surface area contributed by atoms with Crippen LogP contribution in [0.2, 0.25) is 0 Å². The summed E-state index contributed by atoms with van der Waals surface area (Å²) in [5.74, 6) is 2.31. The van der Waals surface area contributed by atoms with E-state index in [0.717, 1.165) is 18.1 Å². The Morgan fingerprint density at radius 3 is 2.75 bits per heavy atom. The highest BCUT2D eigenvalue weighted by Gasteiger charge is 2.13. The molecule has 0 bridgehead atoms. The molecule has 0 spiro atoms. The Balaban J connectivity index is 2.45. The van der Waals surface area contributed by atoms with Crippen molar-refractivity contribution < 1.29 is 4.52 Å². The molecule has 92 valence electrons. The number of thioether (sulfide) groups is 1. The van der Waals surface area contributed by atoms with Crippen LogP contribution in [0.4, 0.5) is 0 Å². The minimum atomic E-state index is 0.139. The van der Waals surface area contributed by atoms with Gasteiger partial charge in [0.25, 0.3) is 0 Å². The van der Waals surface area contributed by atoms with Gasteiger partial charge in [-0.2, -0.15) is 16.7 Å². The van der Waals surface area contributed by atoms with E-state index in [1.807, 2.05) is 18.7 Å². The maximum Gasteiger partial charge on any atom is 0.243 e. The fourth-order valence-electron chi connectivity index (χ4n) is 1.23. The normalized spacial score (nSPS) is 15.0. The lowest BCUT2D eigenvalue weighted by Gasteiger charge is -2.05. The topological polar surface area (TPSA) is 51.0 Å². The van der Waals surface area contributed by atoms with Gasteiger partial charge >= 0.3 is 0 Å². The predicted molar refractivity (Wildman–Crippen MR) is 67.4 cm³/mol. The summed E-state index contributed by atoms with van der Waals surface area (Å²) in [4.78, 5) is 4.37. The minimum absolute atomic E-state index is 0.139. The third-order valence-corrected chi connectivity index (χ3v) is 3.76. The van der Waals surface area contributed by atoms with Crippen LogP contribution < -0.4 is 5.32 Å². The lowest BCUT2D eigenvalue weighted by Crippen LogP contribution is -2.17. The van der Waals surface area contributed by atoms with E-state index in [0.29, 0.717) is 11.1 Å². The molecule has 2 atom stereocenters. The van der Waals surface area contributed by atoms with Gasteiger partial charge in [0, 0.05) is 5.25 Å². The molecule has 1 N–H and O–H groups in total. The van der Waals surface area contributed by atoms with E-state index in [9.17, 15) is 0 Å². The molecule has 0 saturated heterocycles. The largest absolute Gasteiger partial charge is 0.338 e. The van der Waals surface area contributed by atoms with E-state index in [1.165, 1.54) is 6.42 Å². The summed E-state index contributed by atoms with van der Waals surface area (Å²) in [7, 11) is 0. The van der Waals surface area contributed by atoms with Crippen LogP contribution in [-0.2, 0) is 5.75 Å². The van der Waals surface area contributed by atoms with Crippen molar-refractivity contribution in [2.45, 2.75) is 51.2 Å². The van der Waals surface area contributed by atoms with Gasteiger partial charge in [-0.15, -0.1) is 0 Å². The van der Waals surface area contributed by atoms with Crippen LogP contribution >= 0.6 is 11.8 Å². The second-order valence-corrected chi connectivity index (χ2v) is 5.28. The number of hydrogen-bond donors (Lipinski definition) is 1. The summed E-state index contributed by atoms with van der Waals surface area (Å²) in [6.45, 7) is 9.40. The first-order valence-electron chi connectivity index (χ1n) is 5.84. The zero-order valence-electron chi connectivity index (χ0n) is 10.5. The quantitative estimate of drug-likeness (QED) is 0.798. The number of rotatable bonds is 7. The van der Waals surface area contributed by atoms with Gasteiger partial charge in [-0.25, -0.2) is 0 Å². The molecule has 0 aliphatic carbocycles. The van der Waals surface area contributed by atoms with Crippen LogP contribution in [0.3, 0.4) is 0 Å². The fraction of sp³-hybridized carbons (Fsp3) is 0.818. The summed E-state index contributed by atoms with van der Waals surface area (Å²) in [5.41, 5.74) is 0. The average Bonchev–Trinajstić information content (AvgIpc) is 2.75. The standard InChI is InChI=1S/C11H21N3OS/c1-5-8(3)16-7-10-13-11(15-14-10)9(4)12-6-2/h8-9,12H,5-7H2,1-4H3. The molecule has 0 aliphatic heterocycles. The zero-order valence-corrected chi connectivity index (χ0v) is 11.3. The minimum Gasteiger partial charge on any atom is -0.338 e. The molecule has 2 unspecified atom stereocenters. The summed E-state index contributed by atoms with van der Waals surface area (Å²) < 4.78 is 5.21. The van der Waals surface area contributed by atoms with Gasteiger partial charge in [-0.05, 0) is 19.9 Å². The zero-order chi connectivity index (χ0) is 12.0. The highest BCUT2D eigenvalue weighted by Crippen LogP contribution is 2.19. The van der Waals surface area contributed by atoms with Gasteiger partial charge in [0.15, 0.2) is 5.82 Å². The molecular weight excluding hydrogens is 222 g/mol. The Morgan fingerprint density at radius 1 is 1.38 bits per heavy atom. The predicted octanol–water partition coefficient (Wildman–Crippen LogP) is 2.77. The van der Waals surface area contributed by atoms with Crippen LogP contribution in [-0.4, -0.2) is 21.9 Å². The number of nitrogens with zero attached hydrogens (tertiary/aromatic N) is 2. The van der Waals surface area contributed by atoms with E-state index in [2.05, 4.69) is 36.2 Å². The smallest absolute Gasteiger partial charge is 0.243 e. The van der Waals surface area contributed by atoms with Crippen molar-refractivity contribution in [1.29, 1.82) is 0 Å². The highest BCUT2D eigenvalue weighted by atomic mass is 32.2. The second-order valence-electron chi connectivity index (χ2n) is 3.86. The molecule has 1 aromatic heterocycles. The first kappa shape index (κ1) is 13.5. The molecule has 1 rings (SSSR count). The molecule has 0 aromatic carbocycles. The van der Waals surface area contributed by atoms with Crippen LogP contribution in [0, 0.1) is 0 Å². The van der Waals surface area contributed by atoms with Crippen LogP contribution in [0.15, 0.2) is 4.52 Å². The van der Waals surface area contributed by atoms with E-state index >= 15 is 0 Å². The summed E-state index contributed by atoms with van der Waals surface area (Å²) in [6, 6.07) is 0.139. The Hall–Kier alpha value is -0.550. The van der Waals surface area contributed by atoms with Gasteiger partial charge in [0.1, 0.15) is 0 Å². The number of nitrogens with one attached hydrogen (secondary N) is 1. The Kier molecular flexibility index (Phi) is 5.84. The molecule has 16 heavy (non-hydrogen) atoms.